The van der Waals surface area contributed by atoms with Crippen molar-refractivity contribution < 1.29 is 17.6 Å². The van der Waals surface area contributed by atoms with Crippen LogP contribution in [0.5, 0.6) is 0 Å². The number of amides is 1. The Labute approximate surface area is 153 Å². The molecule has 1 saturated heterocycles. The van der Waals surface area contributed by atoms with Gasteiger partial charge in [0.15, 0.2) is 0 Å². The maximum Gasteiger partial charge on any atom is 0.243 e. The lowest BCUT2D eigenvalue weighted by Crippen LogP contribution is -2.50. The predicted octanol–water partition coefficient (Wildman–Crippen LogP) is 2.21. The molecule has 2 aromatic carbocycles. The Kier molecular flexibility index (Phi) is 5.38. The molecule has 0 unspecified atom stereocenters. The van der Waals surface area contributed by atoms with Crippen molar-refractivity contribution in [1.29, 1.82) is 0 Å². The van der Waals surface area contributed by atoms with Crippen LogP contribution < -0.4 is 0 Å². The molecule has 0 saturated carbocycles. The summed E-state index contributed by atoms with van der Waals surface area (Å²) < 4.78 is 40.0. The van der Waals surface area contributed by atoms with E-state index in [9.17, 15) is 17.6 Å². The second kappa shape index (κ2) is 7.55. The first-order valence-electron chi connectivity index (χ1n) is 8.45. The largest absolute Gasteiger partial charge is 0.340 e. The molecule has 5 nitrogen and oxygen atoms in total. The van der Waals surface area contributed by atoms with Crippen molar-refractivity contribution in [3.63, 3.8) is 0 Å². The summed E-state index contributed by atoms with van der Waals surface area (Å²) in [5.41, 5.74) is 1.61. The number of hydrogen-bond acceptors (Lipinski definition) is 3. The molecule has 0 atom stereocenters. The lowest BCUT2D eigenvalue weighted by atomic mass is 10.1. The molecule has 26 heavy (non-hydrogen) atoms. The minimum absolute atomic E-state index is 0.114. The third kappa shape index (κ3) is 4.11. The molecule has 3 rings (SSSR count). The summed E-state index contributed by atoms with van der Waals surface area (Å²) >= 11 is 0. The fourth-order valence-corrected chi connectivity index (χ4v) is 4.39. The predicted molar refractivity (Wildman–Crippen MR) is 96.6 cm³/mol. The Morgan fingerprint density at radius 3 is 2.31 bits per heavy atom. The van der Waals surface area contributed by atoms with E-state index in [1.54, 1.807) is 41.3 Å². The summed E-state index contributed by atoms with van der Waals surface area (Å²) in [4.78, 5) is 14.3. The van der Waals surface area contributed by atoms with Gasteiger partial charge in [-0.05, 0) is 36.8 Å². The fraction of sp³-hybridized carbons (Fsp3) is 0.316. The first-order valence-corrected chi connectivity index (χ1v) is 9.89. The fourth-order valence-electron chi connectivity index (χ4n) is 2.97. The molecule has 1 heterocycles. The summed E-state index contributed by atoms with van der Waals surface area (Å²) in [5, 5.41) is 0. The van der Waals surface area contributed by atoms with Gasteiger partial charge in [0.05, 0.1) is 11.3 Å². The first kappa shape index (κ1) is 18.5. The second-order valence-electron chi connectivity index (χ2n) is 6.40. The van der Waals surface area contributed by atoms with Crippen molar-refractivity contribution in [2.45, 2.75) is 18.2 Å². The van der Waals surface area contributed by atoms with Crippen LogP contribution in [0.3, 0.4) is 0 Å². The molecule has 0 N–H and O–H groups in total. The highest BCUT2D eigenvalue weighted by Crippen LogP contribution is 2.18. The van der Waals surface area contributed by atoms with E-state index in [2.05, 4.69) is 0 Å². The van der Waals surface area contributed by atoms with Crippen LogP contribution in [0.2, 0.25) is 0 Å². The Morgan fingerprint density at radius 1 is 1.04 bits per heavy atom. The standard InChI is InChI=1S/C19H21FN2O3S/c1-15-5-7-18(8-6-15)26(24,25)22-11-9-21(10-12-22)19(23)14-16-3-2-4-17(20)13-16/h2-8,13H,9-12,14H2,1H3. The number of aryl methyl sites for hydroxylation is 1. The van der Waals surface area contributed by atoms with Gasteiger partial charge < -0.3 is 4.90 Å². The van der Waals surface area contributed by atoms with Gasteiger partial charge in [0, 0.05) is 26.2 Å². The quantitative estimate of drug-likeness (QED) is 0.822. The van der Waals surface area contributed by atoms with E-state index in [1.165, 1.54) is 16.4 Å². The van der Waals surface area contributed by atoms with Gasteiger partial charge in [0.25, 0.3) is 0 Å². The van der Waals surface area contributed by atoms with Crippen molar-refractivity contribution >= 4 is 15.9 Å². The van der Waals surface area contributed by atoms with E-state index in [0.717, 1.165) is 5.56 Å². The van der Waals surface area contributed by atoms with E-state index in [4.69, 9.17) is 0 Å². The van der Waals surface area contributed by atoms with Crippen molar-refractivity contribution in [3.8, 4) is 0 Å². The number of hydrogen-bond donors (Lipinski definition) is 0. The summed E-state index contributed by atoms with van der Waals surface area (Å²) in [6.45, 7) is 3.08. The highest BCUT2D eigenvalue weighted by atomic mass is 32.2. The van der Waals surface area contributed by atoms with Crippen molar-refractivity contribution in [2.24, 2.45) is 0 Å². The normalized spacial score (nSPS) is 15.8. The minimum Gasteiger partial charge on any atom is -0.340 e. The Hall–Kier alpha value is -2.25. The molecule has 0 aromatic heterocycles. The summed E-state index contributed by atoms with van der Waals surface area (Å²) in [6, 6.07) is 12.7. The third-order valence-corrected chi connectivity index (χ3v) is 6.41. The lowest BCUT2D eigenvalue weighted by molar-refractivity contribution is -0.131. The number of nitrogens with zero attached hydrogens (tertiary/aromatic N) is 2. The summed E-state index contributed by atoms with van der Waals surface area (Å²) in [6.07, 6.45) is 0.114. The molecule has 0 bridgehead atoms. The van der Waals surface area contributed by atoms with E-state index >= 15 is 0 Å². The van der Waals surface area contributed by atoms with Crippen LogP contribution in [0, 0.1) is 12.7 Å². The molecule has 1 amide bonds. The van der Waals surface area contributed by atoms with Gasteiger partial charge in [0.1, 0.15) is 5.82 Å². The van der Waals surface area contributed by atoms with Gasteiger partial charge in [-0.2, -0.15) is 4.31 Å². The van der Waals surface area contributed by atoms with Gasteiger partial charge >= 0.3 is 0 Å². The zero-order valence-electron chi connectivity index (χ0n) is 14.6. The molecule has 138 valence electrons. The average Bonchev–Trinajstić information content (AvgIpc) is 2.62. The Balaban J connectivity index is 1.61. The van der Waals surface area contributed by atoms with Crippen molar-refractivity contribution in [3.05, 3.63) is 65.5 Å². The van der Waals surface area contributed by atoms with Gasteiger partial charge in [0.2, 0.25) is 15.9 Å². The van der Waals surface area contributed by atoms with Crippen LogP contribution in [0.25, 0.3) is 0 Å². The van der Waals surface area contributed by atoms with Crippen LogP contribution >= 0.6 is 0 Å². The Morgan fingerprint density at radius 2 is 1.69 bits per heavy atom. The highest BCUT2D eigenvalue weighted by Gasteiger charge is 2.29. The molecule has 0 radical (unpaired) electrons. The first-order chi connectivity index (χ1) is 12.4. The van der Waals surface area contributed by atoms with E-state index in [0.29, 0.717) is 18.7 Å². The number of halogens is 1. The number of carbonyl (C=O) groups excluding carboxylic acids is 1. The molecule has 7 heteroatoms. The van der Waals surface area contributed by atoms with Gasteiger partial charge in [-0.15, -0.1) is 0 Å². The SMILES string of the molecule is Cc1ccc(S(=O)(=O)N2CCN(C(=O)Cc3cccc(F)c3)CC2)cc1. The van der Waals surface area contributed by atoms with Gasteiger partial charge in [-0.25, -0.2) is 12.8 Å². The van der Waals surface area contributed by atoms with Crippen LogP contribution in [0.4, 0.5) is 4.39 Å². The molecule has 1 aliphatic rings. The molecule has 1 aliphatic heterocycles. The van der Waals surface area contributed by atoms with E-state index in [1.807, 2.05) is 6.92 Å². The summed E-state index contributed by atoms with van der Waals surface area (Å²) in [5.74, 6) is -0.493. The topological polar surface area (TPSA) is 57.7 Å². The Bertz CT molecular complexity index is 889. The minimum atomic E-state index is -3.55. The van der Waals surface area contributed by atoms with Gasteiger partial charge in [-0.3, -0.25) is 4.79 Å². The number of carbonyl (C=O) groups is 1. The van der Waals surface area contributed by atoms with Crippen LogP contribution in [0.1, 0.15) is 11.1 Å². The smallest absolute Gasteiger partial charge is 0.243 e. The van der Waals surface area contributed by atoms with Crippen LogP contribution in [0.15, 0.2) is 53.4 Å². The molecule has 1 fully saturated rings. The zero-order valence-corrected chi connectivity index (χ0v) is 15.4. The maximum absolute atomic E-state index is 13.2. The van der Waals surface area contributed by atoms with Crippen LogP contribution in [-0.2, 0) is 21.2 Å². The highest BCUT2D eigenvalue weighted by molar-refractivity contribution is 7.89. The van der Waals surface area contributed by atoms with Crippen molar-refractivity contribution in [1.82, 2.24) is 9.21 Å². The monoisotopic (exact) mass is 376 g/mol. The number of sulfonamides is 1. The second-order valence-corrected chi connectivity index (χ2v) is 8.34. The average molecular weight is 376 g/mol. The zero-order chi connectivity index (χ0) is 18.7. The molecular weight excluding hydrogens is 355 g/mol. The third-order valence-electron chi connectivity index (χ3n) is 4.49. The van der Waals surface area contributed by atoms with Crippen molar-refractivity contribution in [2.75, 3.05) is 26.2 Å². The van der Waals surface area contributed by atoms with Crippen LogP contribution in [-0.4, -0.2) is 49.7 Å². The molecule has 2 aromatic rings. The summed E-state index contributed by atoms with van der Waals surface area (Å²) in [7, 11) is -3.55. The number of piperazine rings is 1. The van der Waals surface area contributed by atoms with E-state index in [-0.39, 0.29) is 36.1 Å². The number of rotatable bonds is 4. The molecule has 0 aliphatic carbocycles. The maximum atomic E-state index is 13.2. The van der Waals surface area contributed by atoms with E-state index < -0.39 is 10.0 Å². The van der Waals surface area contributed by atoms with Gasteiger partial charge in [-0.1, -0.05) is 29.8 Å². The molecular formula is C19H21FN2O3S. The molecule has 0 spiro atoms. The number of benzene rings is 2. The lowest BCUT2D eigenvalue weighted by Gasteiger charge is -2.34.